The molecule has 0 saturated heterocycles. The van der Waals surface area contributed by atoms with E-state index in [0.717, 1.165) is 16.9 Å². The number of amides is 1. The molecule has 1 unspecified atom stereocenters. The van der Waals surface area contributed by atoms with Gasteiger partial charge in [-0.3, -0.25) is 4.79 Å². The first-order valence-corrected chi connectivity index (χ1v) is 8.20. The molecule has 0 aliphatic carbocycles. The number of rotatable bonds is 2. The molecular weight excluding hydrogens is 315 g/mol. The number of halogens is 1. The fourth-order valence-electron chi connectivity index (χ4n) is 3.16. The second kappa shape index (κ2) is 6.40. The van der Waals surface area contributed by atoms with E-state index in [2.05, 4.69) is 5.32 Å². The Hall–Kier alpha value is -3.14. The van der Waals surface area contributed by atoms with Gasteiger partial charge < -0.3 is 10.2 Å². The Bertz CT molecular complexity index is 893. The molecule has 1 aliphatic rings. The van der Waals surface area contributed by atoms with Crippen LogP contribution in [-0.4, -0.2) is 12.5 Å². The van der Waals surface area contributed by atoms with Gasteiger partial charge in [0.05, 0.1) is 24.0 Å². The molecule has 1 heterocycles. The number of fused-ring (bicyclic) bond motifs is 1. The maximum atomic E-state index is 13.2. The van der Waals surface area contributed by atoms with Crippen molar-refractivity contribution >= 4 is 17.3 Å². The molecule has 3 aromatic rings. The molecule has 3 nitrogen and oxygen atoms in total. The normalized spacial score (nSPS) is 16.0. The third-order valence-electron chi connectivity index (χ3n) is 4.43. The van der Waals surface area contributed by atoms with Crippen molar-refractivity contribution in [2.75, 3.05) is 16.8 Å². The zero-order valence-corrected chi connectivity index (χ0v) is 13.5. The number of carbonyl (C=O) groups is 1. The molecule has 25 heavy (non-hydrogen) atoms. The summed E-state index contributed by atoms with van der Waals surface area (Å²) in [4.78, 5) is 14.8. The lowest BCUT2D eigenvalue weighted by Gasteiger charge is -2.36. The molecule has 0 fully saturated rings. The number of para-hydroxylation sites is 2. The number of benzene rings is 3. The van der Waals surface area contributed by atoms with Gasteiger partial charge >= 0.3 is 0 Å². The predicted molar refractivity (Wildman–Crippen MR) is 97.3 cm³/mol. The van der Waals surface area contributed by atoms with Gasteiger partial charge in [0.2, 0.25) is 0 Å². The van der Waals surface area contributed by atoms with Crippen LogP contribution in [0.5, 0.6) is 0 Å². The predicted octanol–water partition coefficient (Wildman–Crippen LogP) is 4.64. The lowest BCUT2D eigenvalue weighted by molar-refractivity contribution is 0.0985. The summed E-state index contributed by atoms with van der Waals surface area (Å²) < 4.78 is 13.2. The molecule has 0 spiro atoms. The van der Waals surface area contributed by atoms with E-state index in [0.29, 0.717) is 12.1 Å². The van der Waals surface area contributed by atoms with Gasteiger partial charge in [0.25, 0.3) is 5.91 Å². The van der Waals surface area contributed by atoms with Gasteiger partial charge in [0.1, 0.15) is 5.82 Å². The number of nitrogens with one attached hydrogen (secondary N) is 1. The maximum absolute atomic E-state index is 13.2. The number of nitrogens with zero attached hydrogens (tertiary/aromatic N) is 1. The lowest BCUT2D eigenvalue weighted by Crippen LogP contribution is -2.40. The number of hydrogen-bond donors (Lipinski definition) is 1. The Morgan fingerprint density at radius 3 is 2.36 bits per heavy atom. The molecule has 0 radical (unpaired) electrons. The first-order chi connectivity index (χ1) is 12.2. The third-order valence-corrected chi connectivity index (χ3v) is 4.43. The zero-order valence-electron chi connectivity index (χ0n) is 13.5. The highest BCUT2D eigenvalue weighted by atomic mass is 19.1. The highest BCUT2D eigenvalue weighted by molar-refractivity contribution is 6.08. The van der Waals surface area contributed by atoms with Gasteiger partial charge in [-0.25, -0.2) is 4.39 Å². The van der Waals surface area contributed by atoms with E-state index >= 15 is 0 Å². The van der Waals surface area contributed by atoms with Crippen molar-refractivity contribution in [3.8, 4) is 0 Å². The Morgan fingerprint density at radius 1 is 0.920 bits per heavy atom. The van der Waals surface area contributed by atoms with Crippen LogP contribution < -0.4 is 10.2 Å². The van der Waals surface area contributed by atoms with Crippen molar-refractivity contribution in [2.45, 2.75) is 6.04 Å². The minimum absolute atomic E-state index is 0.000461. The summed E-state index contributed by atoms with van der Waals surface area (Å²) in [6, 6.07) is 23.5. The Balaban J connectivity index is 1.72. The minimum atomic E-state index is -0.348. The van der Waals surface area contributed by atoms with E-state index in [9.17, 15) is 9.18 Å². The molecule has 124 valence electrons. The van der Waals surface area contributed by atoms with Crippen LogP contribution in [0.2, 0.25) is 0 Å². The zero-order chi connectivity index (χ0) is 17.2. The molecular formula is C21H17FN2O. The van der Waals surface area contributed by atoms with Crippen molar-refractivity contribution in [3.05, 3.63) is 95.8 Å². The molecule has 3 aromatic carbocycles. The average molecular weight is 332 g/mol. The van der Waals surface area contributed by atoms with Crippen molar-refractivity contribution < 1.29 is 9.18 Å². The molecule has 1 aliphatic heterocycles. The quantitative estimate of drug-likeness (QED) is 0.741. The minimum Gasteiger partial charge on any atom is -0.375 e. The summed E-state index contributed by atoms with van der Waals surface area (Å²) in [5.41, 5.74) is 3.35. The lowest BCUT2D eigenvalue weighted by atomic mass is 10.0. The van der Waals surface area contributed by atoms with Crippen LogP contribution in [0.1, 0.15) is 22.0 Å². The Morgan fingerprint density at radius 2 is 1.60 bits per heavy atom. The number of carbonyl (C=O) groups excluding carboxylic acids is 1. The van der Waals surface area contributed by atoms with Crippen molar-refractivity contribution in [1.29, 1.82) is 0 Å². The summed E-state index contributed by atoms with van der Waals surface area (Å²) in [5.74, 6) is -0.477. The molecule has 0 saturated carbocycles. The van der Waals surface area contributed by atoms with Crippen LogP contribution in [0.4, 0.5) is 15.8 Å². The largest absolute Gasteiger partial charge is 0.375 e. The highest BCUT2D eigenvalue weighted by Gasteiger charge is 2.29. The molecule has 4 heteroatoms. The Labute approximate surface area is 145 Å². The van der Waals surface area contributed by atoms with E-state index in [1.807, 2.05) is 54.6 Å². The van der Waals surface area contributed by atoms with Crippen LogP contribution in [0, 0.1) is 5.82 Å². The fraction of sp³-hybridized carbons (Fsp3) is 0.0952. The second-order valence-corrected chi connectivity index (χ2v) is 6.05. The fourth-order valence-corrected chi connectivity index (χ4v) is 3.16. The molecule has 1 atom stereocenters. The van der Waals surface area contributed by atoms with Crippen LogP contribution in [-0.2, 0) is 0 Å². The van der Waals surface area contributed by atoms with E-state index in [4.69, 9.17) is 0 Å². The Kier molecular flexibility index (Phi) is 3.94. The van der Waals surface area contributed by atoms with Crippen molar-refractivity contribution in [2.24, 2.45) is 0 Å². The topological polar surface area (TPSA) is 32.3 Å². The third kappa shape index (κ3) is 2.98. The molecule has 1 amide bonds. The van der Waals surface area contributed by atoms with E-state index in [-0.39, 0.29) is 17.8 Å². The summed E-state index contributed by atoms with van der Waals surface area (Å²) in [6.45, 7) is 0.511. The smallest absolute Gasteiger partial charge is 0.258 e. The van der Waals surface area contributed by atoms with Crippen molar-refractivity contribution in [3.63, 3.8) is 0 Å². The first kappa shape index (κ1) is 15.4. The highest BCUT2D eigenvalue weighted by Crippen LogP contribution is 2.36. The second-order valence-electron chi connectivity index (χ2n) is 6.05. The van der Waals surface area contributed by atoms with Gasteiger partial charge in [0.15, 0.2) is 0 Å². The van der Waals surface area contributed by atoms with Crippen LogP contribution in [0.3, 0.4) is 0 Å². The molecule has 0 aromatic heterocycles. The summed E-state index contributed by atoms with van der Waals surface area (Å²) in [7, 11) is 0. The summed E-state index contributed by atoms with van der Waals surface area (Å²) >= 11 is 0. The molecule has 0 bridgehead atoms. The first-order valence-electron chi connectivity index (χ1n) is 8.20. The van der Waals surface area contributed by atoms with E-state index < -0.39 is 0 Å². The van der Waals surface area contributed by atoms with Crippen LogP contribution in [0.15, 0.2) is 78.9 Å². The van der Waals surface area contributed by atoms with Gasteiger partial charge in [-0.2, -0.15) is 0 Å². The van der Waals surface area contributed by atoms with Crippen molar-refractivity contribution in [1.82, 2.24) is 0 Å². The van der Waals surface area contributed by atoms with E-state index in [1.54, 1.807) is 4.90 Å². The van der Waals surface area contributed by atoms with Gasteiger partial charge in [0, 0.05) is 5.56 Å². The maximum Gasteiger partial charge on any atom is 0.258 e. The number of anilines is 2. The van der Waals surface area contributed by atoms with Crippen LogP contribution >= 0.6 is 0 Å². The number of hydrogen-bond acceptors (Lipinski definition) is 2. The van der Waals surface area contributed by atoms with Crippen LogP contribution in [0.25, 0.3) is 0 Å². The molecule has 1 N–H and O–H groups in total. The standard InChI is InChI=1S/C21H17FN2O/c22-17-12-10-16(11-13-17)21(25)24-14-19(15-6-2-1-3-7-15)23-18-8-4-5-9-20(18)24/h1-13,19,23H,14H2. The van der Waals surface area contributed by atoms with Gasteiger partial charge in [-0.1, -0.05) is 42.5 Å². The summed E-state index contributed by atoms with van der Waals surface area (Å²) in [5, 5.41) is 3.50. The van der Waals surface area contributed by atoms with E-state index in [1.165, 1.54) is 24.3 Å². The monoisotopic (exact) mass is 332 g/mol. The average Bonchev–Trinajstić information content (AvgIpc) is 2.68. The van der Waals surface area contributed by atoms with Gasteiger partial charge in [-0.15, -0.1) is 0 Å². The molecule has 4 rings (SSSR count). The SMILES string of the molecule is O=C(c1ccc(F)cc1)N1CC(c2ccccc2)Nc2ccccc21. The van der Waals surface area contributed by atoms with Gasteiger partial charge in [-0.05, 0) is 42.0 Å². The summed E-state index contributed by atoms with van der Waals surface area (Å²) in [6.07, 6.45) is 0.